The highest BCUT2D eigenvalue weighted by Gasteiger charge is 2.20. The Bertz CT molecular complexity index is 713. The second-order valence-electron chi connectivity index (χ2n) is 6.58. The summed E-state index contributed by atoms with van der Waals surface area (Å²) < 4.78 is 27.6. The second kappa shape index (κ2) is 12.1. The van der Waals surface area contributed by atoms with Crippen LogP contribution in [0.2, 0.25) is 0 Å². The molecule has 0 saturated heterocycles. The molecule has 6 heteroatoms. The van der Waals surface area contributed by atoms with Crippen molar-refractivity contribution in [3.8, 4) is 5.75 Å². The minimum Gasteiger partial charge on any atom is -0.491 e. The van der Waals surface area contributed by atoms with Gasteiger partial charge in [-0.15, -0.1) is 0 Å². The third-order valence-electron chi connectivity index (χ3n) is 4.35. The molecule has 0 fully saturated rings. The van der Waals surface area contributed by atoms with Crippen LogP contribution in [-0.2, 0) is 13.6 Å². The SMILES string of the molecule is CCCCCCCCCOP(=O)(O)OCCOc1cccc2ccccc12. The van der Waals surface area contributed by atoms with Gasteiger partial charge in [0.2, 0.25) is 0 Å². The molecule has 0 aliphatic carbocycles. The lowest BCUT2D eigenvalue weighted by molar-refractivity contribution is 0.128. The van der Waals surface area contributed by atoms with E-state index in [9.17, 15) is 9.46 Å². The Balaban J connectivity index is 1.60. The monoisotopic (exact) mass is 394 g/mol. The van der Waals surface area contributed by atoms with E-state index in [1.807, 2.05) is 42.5 Å². The average molecular weight is 394 g/mol. The highest BCUT2D eigenvalue weighted by Crippen LogP contribution is 2.43. The van der Waals surface area contributed by atoms with E-state index < -0.39 is 7.82 Å². The molecular formula is C21H31O5P. The smallest absolute Gasteiger partial charge is 0.472 e. The summed E-state index contributed by atoms with van der Waals surface area (Å²) in [5.41, 5.74) is 0. The minimum atomic E-state index is -4.01. The molecule has 2 aromatic rings. The Morgan fingerprint density at radius 1 is 0.815 bits per heavy atom. The molecule has 0 aliphatic heterocycles. The number of phosphoric acid groups is 1. The standard InChI is InChI=1S/C21H31O5P/c1-2-3-4-5-6-7-10-16-25-27(22,23)26-18-17-24-21-15-11-13-19-12-8-9-14-20(19)21/h8-9,11-15H,2-7,10,16-18H2,1H3,(H,22,23). The number of hydrogen-bond acceptors (Lipinski definition) is 4. The topological polar surface area (TPSA) is 65.0 Å². The Morgan fingerprint density at radius 3 is 2.30 bits per heavy atom. The summed E-state index contributed by atoms with van der Waals surface area (Å²) in [7, 11) is -4.01. The summed E-state index contributed by atoms with van der Waals surface area (Å²) in [5, 5.41) is 2.09. The highest BCUT2D eigenvalue weighted by molar-refractivity contribution is 7.47. The van der Waals surface area contributed by atoms with Crippen molar-refractivity contribution in [2.45, 2.75) is 51.9 Å². The predicted octanol–water partition coefficient (Wildman–Crippen LogP) is 6.10. The molecule has 0 bridgehead atoms. The molecule has 0 amide bonds. The van der Waals surface area contributed by atoms with Crippen LogP contribution in [0.5, 0.6) is 5.75 Å². The van der Waals surface area contributed by atoms with Crippen LogP contribution in [0.25, 0.3) is 10.8 Å². The van der Waals surface area contributed by atoms with Gasteiger partial charge in [0, 0.05) is 5.39 Å². The maximum Gasteiger partial charge on any atom is 0.472 e. The maximum atomic E-state index is 11.9. The van der Waals surface area contributed by atoms with Crippen molar-refractivity contribution in [1.82, 2.24) is 0 Å². The van der Waals surface area contributed by atoms with Gasteiger partial charge in [-0.05, 0) is 17.9 Å². The summed E-state index contributed by atoms with van der Waals surface area (Å²) in [5.74, 6) is 0.730. The highest BCUT2D eigenvalue weighted by atomic mass is 31.2. The van der Waals surface area contributed by atoms with Gasteiger partial charge in [-0.2, -0.15) is 0 Å². The van der Waals surface area contributed by atoms with Crippen LogP contribution < -0.4 is 4.74 Å². The molecule has 1 unspecified atom stereocenters. The van der Waals surface area contributed by atoms with Gasteiger partial charge in [0.15, 0.2) is 0 Å². The molecular weight excluding hydrogens is 363 g/mol. The van der Waals surface area contributed by atoms with Crippen LogP contribution in [0.4, 0.5) is 0 Å². The molecule has 1 N–H and O–H groups in total. The number of rotatable bonds is 14. The van der Waals surface area contributed by atoms with Gasteiger partial charge < -0.3 is 9.63 Å². The normalized spacial score (nSPS) is 13.6. The molecule has 0 heterocycles. The zero-order valence-electron chi connectivity index (χ0n) is 16.1. The van der Waals surface area contributed by atoms with Crippen molar-refractivity contribution in [1.29, 1.82) is 0 Å². The van der Waals surface area contributed by atoms with Gasteiger partial charge in [0.1, 0.15) is 12.4 Å². The van der Waals surface area contributed by atoms with Crippen LogP contribution >= 0.6 is 7.82 Å². The zero-order chi connectivity index (χ0) is 19.4. The average Bonchev–Trinajstić information content (AvgIpc) is 2.67. The quantitative estimate of drug-likeness (QED) is 0.310. The van der Waals surface area contributed by atoms with Gasteiger partial charge in [0.05, 0.1) is 13.2 Å². The van der Waals surface area contributed by atoms with Crippen molar-refractivity contribution in [3.05, 3.63) is 42.5 Å². The lowest BCUT2D eigenvalue weighted by Crippen LogP contribution is -2.07. The van der Waals surface area contributed by atoms with Crippen LogP contribution in [0.15, 0.2) is 42.5 Å². The fourth-order valence-corrected chi connectivity index (χ4v) is 3.64. The van der Waals surface area contributed by atoms with E-state index in [4.69, 9.17) is 13.8 Å². The molecule has 1 atom stereocenters. The third-order valence-corrected chi connectivity index (χ3v) is 5.37. The van der Waals surface area contributed by atoms with Crippen molar-refractivity contribution < 1.29 is 23.2 Å². The van der Waals surface area contributed by atoms with Gasteiger partial charge in [-0.3, -0.25) is 9.05 Å². The summed E-state index contributed by atoms with van der Waals surface area (Å²) in [6.45, 7) is 2.61. The van der Waals surface area contributed by atoms with E-state index in [1.54, 1.807) is 0 Å². The number of fused-ring (bicyclic) bond motifs is 1. The maximum absolute atomic E-state index is 11.9. The Labute approximate surface area is 162 Å². The number of benzene rings is 2. The Kier molecular flexibility index (Phi) is 9.85. The zero-order valence-corrected chi connectivity index (χ0v) is 17.0. The first-order chi connectivity index (χ1) is 13.1. The fraction of sp³-hybridized carbons (Fsp3) is 0.524. The van der Waals surface area contributed by atoms with Gasteiger partial charge in [-0.25, -0.2) is 4.57 Å². The molecule has 150 valence electrons. The summed E-state index contributed by atoms with van der Waals surface area (Å²) in [6.07, 6.45) is 7.90. The van der Waals surface area contributed by atoms with Crippen LogP contribution in [0, 0.1) is 0 Å². The second-order valence-corrected chi connectivity index (χ2v) is 8.04. The molecule has 2 aromatic carbocycles. The Hall–Kier alpha value is -1.39. The van der Waals surface area contributed by atoms with E-state index >= 15 is 0 Å². The lowest BCUT2D eigenvalue weighted by Gasteiger charge is -2.13. The lowest BCUT2D eigenvalue weighted by atomic mass is 10.1. The van der Waals surface area contributed by atoms with E-state index in [-0.39, 0.29) is 19.8 Å². The first-order valence-corrected chi connectivity index (χ1v) is 11.3. The molecule has 0 aliphatic rings. The fourth-order valence-electron chi connectivity index (χ4n) is 2.90. The molecule has 0 radical (unpaired) electrons. The number of unbranched alkanes of at least 4 members (excludes halogenated alkanes) is 6. The van der Waals surface area contributed by atoms with Gasteiger partial charge >= 0.3 is 7.82 Å². The third kappa shape index (κ3) is 8.44. The molecule has 5 nitrogen and oxygen atoms in total. The molecule has 0 aromatic heterocycles. The summed E-state index contributed by atoms with van der Waals surface area (Å²) in [6, 6.07) is 13.7. The summed E-state index contributed by atoms with van der Waals surface area (Å²) >= 11 is 0. The van der Waals surface area contributed by atoms with E-state index in [1.165, 1.54) is 25.7 Å². The van der Waals surface area contributed by atoms with Crippen molar-refractivity contribution in [3.63, 3.8) is 0 Å². The molecule has 27 heavy (non-hydrogen) atoms. The molecule has 0 spiro atoms. The van der Waals surface area contributed by atoms with Gasteiger partial charge in [0.25, 0.3) is 0 Å². The Morgan fingerprint density at radius 2 is 1.48 bits per heavy atom. The summed E-state index contributed by atoms with van der Waals surface area (Å²) in [4.78, 5) is 9.71. The number of hydrogen-bond donors (Lipinski definition) is 1. The van der Waals surface area contributed by atoms with E-state index in [2.05, 4.69) is 6.92 Å². The number of phosphoric ester groups is 1. The van der Waals surface area contributed by atoms with E-state index in [0.29, 0.717) is 0 Å². The largest absolute Gasteiger partial charge is 0.491 e. The first-order valence-electron chi connectivity index (χ1n) is 9.85. The first kappa shape index (κ1) is 21.9. The van der Waals surface area contributed by atoms with E-state index in [0.717, 1.165) is 35.8 Å². The van der Waals surface area contributed by atoms with Gasteiger partial charge in [-0.1, -0.05) is 81.8 Å². The van der Waals surface area contributed by atoms with Crippen LogP contribution in [-0.4, -0.2) is 24.7 Å². The van der Waals surface area contributed by atoms with Crippen molar-refractivity contribution in [2.75, 3.05) is 19.8 Å². The van der Waals surface area contributed by atoms with Crippen LogP contribution in [0.1, 0.15) is 51.9 Å². The molecule has 0 saturated carbocycles. The molecule has 2 rings (SSSR count). The van der Waals surface area contributed by atoms with Crippen molar-refractivity contribution in [2.24, 2.45) is 0 Å². The predicted molar refractivity (Wildman–Crippen MR) is 109 cm³/mol. The van der Waals surface area contributed by atoms with Crippen molar-refractivity contribution >= 4 is 18.6 Å². The minimum absolute atomic E-state index is 0.00594. The number of ether oxygens (including phenoxy) is 1. The van der Waals surface area contributed by atoms with Crippen LogP contribution in [0.3, 0.4) is 0 Å².